The lowest BCUT2D eigenvalue weighted by molar-refractivity contribution is 0.538. The van der Waals surface area contributed by atoms with Gasteiger partial charge in [0, 0.05) is 18.9 Å². The molecule has 0 aromatic carbocycles. The fraction of sp³-hybridized carbons (Fsp3) is 0.467. The molecule has 102 valence electrons. The van der Waals surface area contributed by atoms with E-state index in [1.165, 1.54) is 11.3 Å². The molecule has 2 heterocycles. The molecule has 4 heteroatoms. The van der Waals surface area contributed by atoms with Crippen LogP contribution in [0.4, 0.5) is 0 Å². The lowest BCUT2D eigenvalue weighted by atomic mass is 10.2. The molecule has 0 unspecified atom stereocenters. The largest absolute Gasteiger partial charge is 0.327 e. The van der Waals surface area contributed by atoms with E-state index in [1.54, 1.807) is 0 Å². The summed E-state index contributed by atoms with van der Waals surface area (Å²) in [5.41, 5.74) is 3.52. The Bertz CT molecular complexity index is 516. The fourth-order valence-electron chi connectivity index (χ4n) is 1.97. The minimum Gasteiger partial charge on any atom is -0.327 e. The SMILES string of the molecule is Cc1cccnc1Cn1cncc1CNCC(C)C. The molecule has 19 heavy (non-hydrogen) atoms. The zero-order chi connectivity index (χ0) is 13.7. The van der Waals surface area contributed by atoms with Gasteiger partial charge in [0.25, 0.3) is 0 Å². The second-order valence-electron chi connectivity index (χ2n) is 5.30. The molecular weight excluding hydrogens is 236 g/mol. The van der Waals surface area contributed by atoms with Gasteiger partial charge in [-0.25, -0.2) is 4.98 Å². The number of hydrogen-bond donors (Lipinski definition) is 1. The van der Waals surface area contributed by atoms with Gasteiger partial charge in [0.2, 0.25) is 0 Å². The van der Waals surface area contributed by atoms with Gasteiger partial charge in [-0.05, 0) is 31.0 Å². The van der Waals surface area contributed by atoms with E-state index in [0.29, 0.717) is 5.92 Å². The molecule has 4 nitrogen and oxygen atoms in total. The first-order valence-electron chi connectivity index (χ1n) is 6.77. The second kappa shape index (κ2) is 6.48. The number of aromatic nitrogens is 3. The van der Waals surface area contributed by atoms with Crippen LogP contribution in [0, 0.1) is 12.8 Å². The molecule has 0 amide bonds. The maximum Gasteiger partial charge on any atom is 0.0952 e. The van der Waals surface area contributed by atoms with Crippen LogP contribution in [0.25, 0.3) is 0 Å². The standard InChI is InChI=1S/C15H22N4/c1-12(2)7-16-8-14-9-17-11-19(14)10-15-13(3)5-4-6-18-15/h4-6,9,11-12,16H,7-8,10H2,1-3H3. The summed E-state index contributed by atoms with van der Waals surface area (Å²) in [4.78, 5) is 8.67. The third-order valence-electron chi connectivity index (χ3n) is 3.10. The smallest absolute Gasteiger partial charge is 0.0952 e. The molecule has 0 atom stereocenters. The van der Waals surface area contributed by atoms with Crippen molar-refractivity contribution in [2.24, 2.45) is 5.92 Å². The molecule has 0 saturated heterocycles. The molecule has 0 bridgehead atoms. The van der Waals surface area contributed by atoms with Crippen LogP contribution in [0.2, 0.25) is 0 Å². The Morgan fingerprint density at radius 3 is 2.95 bits per heavy atom. The monoisotopic (exact) mass is 258 g/mol. The summed E-state index contributed by atoms with van der Waals surface area (Å²) in [6.45, 7) is 9.17. The van der Waals surface area contributed by atoms with Gasteiger partial charge >= 0.3 is 0 Å². The molecule has 2 aromatic rings. The molecule has 0 saturated carbocycles. The van der Waals surface area contributed by atoms with Gasteiger partial charge in [0.1, 0.15) is 0 Å². The number of pyridine rings is 1. The van der Waals surface area contributed by atoms with Gasteiger partial charge in [-0.2, -0.15) is 0 Å². The van der Waals surface area contributed by atoms with Gasteiger partial charge in [0.15, 0.2) is 0 Å². The van der Waals surface area contributed by atoms with Crippen LogP contribution in [-0.4, -0.2) is 21.1 Å². The second-order valence-corrected chi connectivity index (χ2v) is 5.30. The summed E-state index contributed by atoms with van der Waals surface area (Å²) in [7, 11) is 0. The van der Waals surface area contributed by atoms with E-state index in [9.17, 15) is 0 Å². The van der Waals surface area contributed by atoms with Crippen molar-refractivity contribution < 1.29 is 0 Å². The zero-order valence-electron chi connectivity index (χ0n) is 11.9. The van der Waals surface area contributed by atoms with Gasteiger partial charge in [-0.3, -0.25) is 4.98 Å². The highest BCUT2D eigenvalue weighted by molar-refractivity contribution is 5.18. The lowest BCUT2D eigenvalue weighted by Gasteiger charge is -2.11. The van der Waals surface area contributed by atoms with Crippen LogP contribution >= 0.6 is 0 Å². The van der Waals surface area contributed by atoms with Crippen LogP contribution < -0.4 is 5.32 Å². The van der Waals surface area contributed by atoms with E-state index < -0.39 is 0 Å². The van der Waals surface area contributed by atoms with Gasteiger partial charge in [0.05, 0.1) is 24.3 Å². The molecule has 0 radical (unpaired) electrons. The van der Waals surface area contributed by atoms with E-state index in [1.807, 2.05) is 24.8 Å². The van der Waals surface area contributed by atoms with Crippen molar-refractivity contribution in [2.45, 2.75) is 33.9 Å². The third kappa shape index (κ3) is 3.89. The highest BCUT2D eigenvalue weighted by atomic mass is 15.1. The Balaban J connectivity index is 2.01. The maximum absolute atomic E-state index is 4.43. The van der Waals surface area contributed by atoms with Gasteiger partial charge in [-0.1, -0.05) is 19.9 Å². The predicted octanol–water partition coefficient (Wildman–Crippen LogP) is 2.38. The van der Waals surface area contributed by atoms with Gasteiger partial charge < -0.3 is 9.88 Å². The molecule has 0 spiro atoms. The molecular formula is C15H22N4. The van der Waals surface area contributed by atoms with Crippen molar-refractivity contribution in [3.8, 4) is 0 Å². The number of hydrogen-bond acceptors (Lipinski definition) is 3. The summed E-state index contributed by atoms with van der Waals surface area (Å²) in [6, 6.07) is 4.06. The number of rotatable bonds is 6. The summed E-state index contributed by atoms with van der Waals surface area (Å²) in [5, 5.41) is 3.45. The first kappa shape index (κ1) is 13.7. The van der Waals surface area contributed by atoms with Crippen molar-refractivity contribution in [1.82, 2.24) is 19.9 Å². The van der Waals surface area contributed by atoms with E-state index in [0.717, 1.165) is 25.3 Å². The van der Waals surface area contributed by atoms with Crippen molar-refractivity contribution in [1.29, 1.82) is 0 Å². The normalized spacial score (nSPS) is 11.2. The molecule has 2 rings (SSSR count). The minimum atomic E-state index is 0.661. The zero-order valence-corrected chi connectivity index (χ0v) is 11.9. The molecule has 1 N–H and O–H groups in total. The molecule has 0 fully saturated rings. The number of nitrogens with one attached hydrogen (secondary N) is 1. The quantitative estimate of drug-likeness (QED) is 0.865. The van der Waals surface area contributed by atoms with E-state index in [-0.39, 0.29) is 0 Å². The topological polar surface area (TPSA) is 42.7 Å². The number of imidazole rings is 1. The Hall–Kier alpha value is -1.68. The first-order valence-corrected chi connectivity index (χ1v) is 6.77. The van der Waals surface area contributed by atoms with Gasteiger partial charge in [-0.15, -0.1) is 0 Å². The average molecular weight is 258 g/mol. The third-order valence-corrected chi connectivity index (χ3v) is 3.10. The van der Waals surface area contributed by atoms with E-state index in [2.05, 4.69) is 46.7 Å². The van der Waals surface area contributed by atoms with E-state index >= 15 is 0 Å². The Morgan fingerprint density at radius 1 is 1.37 bits per heavy atom. The summed E-state index contributed by atoms with van der Waals surface area (Å²) in [6.07, 6.45) is 5.64. The highest BCUT2D eigenvalue weighted by Crippen LogP contribution is 2.08. The molecule has 2 aromatic heterocycles. The van der Waals surface area contributed by atoms with Crippen LogP contribution in [0.1, 0.15) is 30.8 Å². The number of nitrogens with zero attached hydrogens (tertiary/aromatic N) is 3. The van der Waals surface area contributed by atoms with Crippen molar-refractivity contribution in [2.75, 3.05) is 6.54 Å². The summed E-state index contributed by atoms with van der Waals surface area (Å²) in [5.74, 6) is 0.661. The van der Waals surface area contributed by atoms with Crippen molar-refractivity contribution in [3.63, 3.8) is 0 Å². The Kier molecular flexibility index (Phi) is 4.68. The van der Waals surface area contributed by atoms with Crippen LogP contribution in [0.15, 0.2) is 30.9 Å². The summed E-state index contributed by atoms with van der Waals surface area (Å²) >= 11 is 0. The number of aryl methyl sites for hydroxylation is 1. The first-order chi connectivity index (χ1) is 9.16. The van der Waals surface area contributed by atoms with Crippen LogP contribution in [0.3, 0.4) is 0 Å². The van der Waals surface area contributed by atoms with Crippen molar-refractivity contribution in [3.05, 3.63) is 47.8 Å². The van der Waals surface area contributed by atoms with Crippen molar-refractivity contribution >= 4 is 0 Å². The Morgan fingerprint density at radius 2 is 2.21 bits per heavy atom. The summed E-state index contributed by atoms with van der Waals surface area (Å²) < 4.78 is 2.16. The maximum atomic E-state index is 4.43. The molecule has 0 aliphatic heterocycles. The molecule has 0 aliphatic rings. The van der Waals surface area contributed by atoms with Crippen LogP contribution in [-0.2, 0) is 13.1 Å². The average Bonchev–Trinajstić information content (AvgIpc) is 2.79. The lowest BCUT2D eigenvalue weighted by Crippen LogP contribution is -2.21. The minimum absolute atomic E-state index is 0.661. The van der Waals surface area contributed by atoms with Crippen LogP contribution in [0.5, 0.6) is 0 Å². The van der Waals surface area contributed by atoms with E-state index in [4.69, 9.17) is 0 Å². The molecule has 0 aliphatic carbocycles. The predicted molar refractivity (Wildman–Crippen MR) is 76.8 cm³/mol. The fourth-order valence-corrected chi connectivity index (χ4v) is 1.97. The Labute approximate surface area is 114 Å². The highest BCUT2D eigenvalue weighted by Gasteiger charge is 2.05.